The summed E-state index contributed by atoms with van der Waals surface area (Å²) in [6, 6.07) is 6.93. The molecule has 1 aromatic carbocycles. The molecule has 3 rings (SSSR count). The highest BCUT2D eigenvalue weighted by molar-refractivity contribution is 7.89. The third-order valence-electron chi connectivity index (χ3n) is 5.87. The number of guanidine groups is 1. The van der Waals surface area contributed by atoms with Crippen LogP contribution in [0.2, 0.25) is 0 Å². The molecule has 1 unspecified atom stereocenters. The molecule has 9 heteroatoms. The van der Waals surface area contributed by atoms with Crippen molar-refractivity contribution in [2.24, 2.45) is 11.8 Å². The van der Waals surface area contributed by atoms with Crippen molar-refractivity contribution in [3.8, 4) is 0 Å². The van der Waals surface area contributed by atoms with E-state index in [-0.39, 0.29) is 17.8 Å². The molecule has 0 saturated carbocycles. The van der Waals surface area contributed by atoms with E-state index < -0.39 is 15.6 Å². The summed E-state index contributed by atoms with van der Waals surface area (Å²) in [5, 5.41) is 11.3. The van der Waals surface area contributed by atoms with Gasteiger partial charge in [-0.15, -0.1) is 0 Å². The lowest BCUT2D eigenvalue weighted by Gasteiger charge is -2.33. The summed E-state index contributed by atoms with van der Waals surface area (Å²) >= 11 is 0. The van der Waals surface area contributed by atoms with Gasteiger partial charge in [0, 0.05) is 19.6 Å². The van der Waals surface area contributed by atoms with E-state index in [0.29, 0.717) is 49.7 Å². The molecular formula is C20H31BN4O3S. The fourth-order valence-corrected chi connectivity index (χ4v) is 5.83. The SMILES string of the molecule is Bc1ccc(S(=O)(=O)N2CCC(CN3C(=N)NC(C)(CC(C)C)C3=O)CC2)cc1. The Morgan fingerprint density at radius 1 is 1.24 bits per heavy atom. The van der Waals surface area contributed by atoms with Gasteiger partial charge in [0.15, 0.2) is 5.96 Å². The standard InChI is InChI=1S/C20H31BN4O3S/c1-14(2)12-20(3)18(26)25(19(22)23-20)13-15-8-10-24(11-9-15)29(27,28)17-6-4-16(21)5-7-17/h4-7,14-15H,8-13,21H2,1-3H3,(H2,22,23). The van der Waals surface area contributed by atoms with Crippen LogP contribution in [0.25, 0.3) is 0 Å². The maximum absolute atomic E-state index is 12.9. The van der Waals surface area contributed by atoms with Gasteiger partial charge in [-0.25, -0.2) is 8.42 Å². The van der Waals surface area contributed by atoms with Crippen molar-refractivity contribution < 1.29 is 13.2 Å². The van der Waals surface area contributed by atoms with Crippen LogP contribution < -0.4 is 10.8 Å². The van der Waals surface area contributed by atoms with Gasteiger partial charge in [0.05, 0.1) is 4.90 Å². The van der Waals surface area contributed by atoms with E-state index in [9.17, 15) is 13.2 Å². The van der Waals surface area contributed by atoms with Crippen LogP contribution in [0, 0.1) is 17.2 Å². The summed E-state index contributed by atoms with van der Waals surface area (Å²) in [6.07, 6.45) is 2.05. The molecule has 2 saturated heterocycles. The molecule has 0 radical (unpaired) electrons. The van der Waals surface area contributed by atoms with Gasteiger partial charge in [0.1, 0.15) is 13.4 Å². The zero-order chi connectivity index (χ0) is 21.4. The highest BCUT2D eigenvalue weighted by Gasteiger charge is 2.46. The van der Waals surface area contributed by atoms with Crippen molar-refractivity contribution in [3.05, 3.63) is 24.3 Å². The van der Waals surface area contributed by atoms with Gasteiger partial charge in [-0.05, 0) is 50.2 Å². The molecule has 158 valence electrons. The third-order valence-corrected chi connectivity index (χ3v) is 7.78. The highest BCUT2D eigenvalue weighted by atomic mass is 32.2. The fraction of sp³-hybridized carbons (Fsp3) is 0.600. The molecule has 0 aromatic heterocycles. The minimum atomic E-state index is -3.48. The van der Waals surface area contributed by atoms with Crippen molar-refractivity contribution in [1.29, 1.82) is 5.41 Å². The topological polar surface area (TPSA) is 93.6 Å². The number of rotatable bonds is 6. The molecule has 2 heterocycles. The zero-order valence-corrected chi connectivity index (χ0v) is 18.6. The molecule has 0 aliphatic carbocycles. The molecule has 1 aromatic rings. The van der Waals surface area contributed by atoms with Gasteiger partial charge in [0.2, 0.25) is 10.0 Å². The lowest BCUT2D eigenvalue weighted by atomic mass is 9.90. The zero-order valence-electron chi connectivity index (χ0n) is 17.7. The average Bonchev–Trinajstić information content (AvgIpc) is 2.85. The van der Waals surface area contributed by atoms with Crippen LogP contribution in [0.3, 0.4) is 0 Å². The summed E-state index contributed by atoms with van der Waals surface area (Å²) in [5.74, 6) is 0.644. The Balaban J connectivity index is 1.61. The Hall–Kier alpha value is -1.87. The predicted octanol–water partition coefficient (Wildman–Crippen LogP) is 0.517. The molecule has 0 bridgehead atoms. The normalized spacial score (nSPS) is 24.3. The molecule has 1 amide bonds. The van der Waals surface area contributed by atoms with E-state index in [0.717, 1.165) is 5.46 Å². The maximum Gasteiger partial charge on any atom is 0.254 e. The van der Waals surface area contributed by atoms with Crippen molar-refractivity contribution in [2.45, 2.75) is 50.5 Å². The number of nitrogens with one attached hydrogen (secondary N) is 2. The van der Waals surface area contributed by atoms with Gasteiger partial charge < -0.3 is 5.32 Å². The van der Waals surface area contributed by atoms with Gasteiger partial charge in [-0.1, -0.05) is 31.4 Å². The van der Waals surface area contributed by atoms with Gasteiger partial charge in [-0.3, -0.25) is 15.1 Å². The predicted molar refractivity (Wildman–Crippen MR) is 117 cm³/mol. The van der Waals surface area contributed by atoms with E-state index in [1.165, 1.54) is 9.21 Å². The molecule has 2 fully saturated rings. The second-order valence-corrected chi connectivity index (χ2v) is 10.9. The summed E-state index contributed by atoms with van der Waals surface area (Å²) < 4.78 is 27.3. The number of hydrogen-bond donors (Lipinski definition) is 2. The Kier molecular flexibility index (Phi) is 6.10. The molecular weight excluding hydrogens is 387 g/mol. The average molecular weight is 418 g/mol. The number of sulfonamides is 1. The Labute approximate surface area is 174 Å². The number of piperidine rings is 1. The number of nitrogens with zero attached hydrogens (tertiary/aromatic N) is 2. The molecule has 29 heavy (non-hydrogen) atoms. The third kappa shape index (κ3) is 4.50. The largest absolute Gasteiger partial charge is 0.342 e. The van der Waals surface area contributed by atoms with Crippen LogP contribution in [0.15, 0.2) is 29.2 Å². The molecule has 7 nitrogen and oxygen atoms in total. The summed E-state index contributed by atoms with van der Waals surface area (Å²) in [6.45, 7) is 7.34. The first-order valence-corrected chi connectivity index (χ1v) is 11.7. The van der Waals surface area contributed by atoms with Crippen LogP contribution in [0.5, 0.6) is 0 Å². The smallest absolute Gasteiger partial charge is 0.254 e. The first-order chi connectivity index (χ1) is 13.5. The van der Waals surface area contributed by atoms with Crippen LogP contribution >= 0.6 is 0 Å². The van der Waals surface area contributed by atoms with Crippen LogP contribution in [-0.4, -0.2) is 62.5 Å². The molecule has 1 atom stereocenters. The number of carbonyl (C=O) groups excluding carboxylic acids is 1. The molecule has 2 N–H and O–H groups in total. The number of hydrogen-bond acceptors (Lipinski definition) is 4. The van der Waals surface area contributed by atoms with Gasteiger partial charge >= 0.3 is 0 Å². The fourth-order valence-electron chi connectivity index (χ4n) is 4.36. The number of amides is 1. The quantitative estimate of drug-likeness (QED) is 0.659. The summed E-state index contributed by atoms with van der Waals surface area (Å²) in [4.78, 5) is 14.8. The second kappa shape index (κ2) is 8.10. The monoisotopic (exact) mass is 418 g/mol. The van der Waals surface area contributed by atoms with E-state index in [4.69, 9.17) is 5.41 Å². The van der Waals surface area contributed by atoms with Crippen LogP contribution in [-0.2, 0) is 14.8 Å². The molecule has 2 aliphatic rings. The van der Waals surface area contributed by atoms with E-state index in [1.54, 1.807) is 12.1 Å². The van der Waals surface area contributed by atoms with Crippen molar-refractivity contribution in [3.63, 3.8) is 0 Å². The van der Waals surface area contributed by atoms with Gasteiger partial charge in [0.25, 0.3) is 5.91 Å². The minimum Gasteiger partial charge on any atom is -0.342 e. The summed E-state index contributed by atoms with van der Waals surface area (Å²) in [5.41, 5.74) is 0.305. The van der Waals surface area contributed by atoms with Crippen LogP contribution in [0.4, 0.5) is 0 Å². The molecule has 0 spiro atoms. The molecule has 2 aliphatic heterocycles. The Bertz CT molecular complexity index is 879. The highest BCUT2D eigenvalue weighted by Crippen LogP contribution is 2.28. The van der Waals surface area contributed by atoms with Crippen molar-refractivity contribution in [2.75, 3.05) is 19.6 Å². The summed E-state index contributed by atoms with van der Waals surface area (Å²) in [7, 11) is -1.55. The number of benzene rings is 1. The first kappa shape index (κ1) is 21.8. The second-order valence-electron chi connectivity index (χ2n) is 8.98. The van der Waals surface area contributed by atoms with E-state index in [1.807, 2.05) is 26.9 Å². The Morgan fingerprint density at radius 3 is 2.38 bits per heavy atom. The van der Waals surface area contributed by atoms with E-state index in [2.05, 4.69) is 19.2 Å². The number of carbonyl (C=O) groups is 1. The van der Waals surface area contributed by atoms with Crippen molar-refractivity contribution in [1.82, 2.24) is 14.5 Å². The van der Waals surface area contributed by atoms with E-state index >= 15 is 0 Å². The van der Waals surface area contributed by atoms with Crippen molar-refractivity contribution >= 4 is 35.2 Å². The first-order valence-electron chi connectivity index (χ1n) is 10.3. The maximum atomic E-state index is 12.9. The van der Waals surface area contributed by atoms with Crippen LogP contribution in [0.1, 0.15) is 40.0 Å². The lowest BCUT2D eigenvalue weighted by Crippen LogP contribution is -2.46. The van der Waals surface area contributed by atoms with Gasteiger partial charge in [-0.2, -0.15) is 4.31 Å². The lowest BCUT2D eigenvalue weighted by molar-refractivity contribution is -0.131. The minimum absolute atomic E-state index is 0.0501. The Morgan fingerprint density at radius 2 is 1.83 bits per heavy atom.